The predicted molar refractivity (Wildman–Crippen MR) is 89.6 cm³/mol. The maximum absolute atomic E-state index is 12.2. The van der Waals surface area contributed by atoms with Crippen molar-refractivity contribution in [3.05, 3.63) is 29.8 Å². The summed E-state index contributed by atoms with van der Waals surface area (Å²) in [6.45, 7) is 3.73. The summed E-state index contributed by atoms with van der Waals surface area (Å²) in [5.74, 6) is 0. The molecule has 1 saturated heterocycles. The van der Waals surface area contributed by atoms with Gasteiger partial charge in [-0.1, -0.05) is 29.9 Å². The number of aryl methyl sites for hydroxylation is 1. The van der Waals surface area contributed by atoms with Crippen LogP contribution in [0, 0.1) is 6.92 Å². The van der Waals surface area contributed by atoms with Gasteiger partial charge in [0.25, 0.3) is 0 Å². The van der Waals surface area contributed by atoms with E-state index in [0.29, 0.717) is 4.99 Å². The smallest absolute Gasteiger partial charge is 0.320 e. The van der Waals surface area contributed by atoms with Gasteiger partial charge in [-0.3, -0.25) is 0 Å². The van der Waals surface area contributed by atoms with E-state index in [2.05, 4.69) is 22.6 Å². The Hall–Kier alpha value is -1.66. The van der Waals surface area contributed by atoms with Crippen LogP contribution in [0.3, 0.4) is 0 Å². The molecule has 1 aliphatic heterocycles. The highest BCUT2D eigenvalue weighted by Gasteiger charge is 2.38. The number of nitrogens with zero attached hydrogens (tertiary/aromatic N) is 1. The lowest BCUT2D eigenvalue weighted by Gasteiger charge is -2.40. The summed E-state index contributed by atoms with van der Waals surface area (Å²) in [5, 5.41) is 5.80. The number of rotatable bonds is 3. The zero-order chi connectivity index (χ0) is 15.5. The molecule has 0 unspecified atom stereocenters. The molecule has 4 N–H and O–H groups in total. The summed E-state index contributed by atoms with van der Waals surface area (Å²) in [6.07, 6.45) is 1.47. The van der Waals surface area contributed by atoms with Crippen LogP contribution >= 0.6 is 12.2 Å². The van der Waals surface area contributed by atoms with Crippen LogP contribution in [-0.2, 0) is 0 Å². The first kappa shape index (κ1) is 15.7. The maximum atomic E-state index is 12.2. The molecule has 0 radical (unpaired) electrons. The Morgan fingerprint density at radius 2 is 1.86 bits per heavy atom. The lowest BCUT2D eigenvalue weighted by molar-refractivity contribution is 0.199. The van der Waals surface area contributed by atoms with E-state index in [1.165, 1.54) is 0 Å². The Morgan fingerprint density at radius 3 is 2.38 bits per heavy atom. The van der Waals surface area contributed by atoms with Crippen LogP contribution < -0.4 is 16.4 Å². The zero-order valence-corrected chi connectivity index (χ0v) is 13.3. The van der Waals surface area contributed by atoms with Crippen LogP contribution in [0.5, 0.6) is 0 Å². The molecular formula is C15H22N4OS. The number of nitrogens with one attached hydrogen (secondary N) is 2. The average Bonchev–Trinajstić information content (AvgIpc) is 2.44. The van der Waals surface area contributed by atoms with E-state index >= 15 is 0 Å². The minimum Gasteiger partial charge on any atom is -0.391 e. The third-order valence-corrected chi connectivity index (χ3v) is 4.37. The number of benzene rings is 1. The van der Waals surface area contributed by atoms with E-state index in [1.54, 1.807) is 0 Å². The van der Waals surface area contributed by atoms with Crippen LogP contribution in [0.25, 0.3) is 0 Å². The molecule has 2 amide bonds. The summed E-state index contributed by atoms with van der Waals surface area (Å²) in [6, 6.07) is 7.38. The van der Waals surface area contributed by atoms with Gasteiger partial charge >= 0.3 is 6.03 Å². The van der Waals surface area contributed by atoms with Gasteiger partial charge in [0.05, 0.1) is 10.5 Å². The fraction of sp³-hybridized carbons (Fsp3) is 0.467. The minimum absolute atomic E-state index is 0.267. The summed E-state index contributed by atoms with van der Waals surface area (Å²) in [5.41, 5.74) is 7.20. The van der Waals surface area contributed by atoms with Crippen molar-refractivity contribution in [3.63, 3.8) is 0 Å². The number of hydrogen-bond donors (Lipinski definition) is 3. The Bertz CT molecular complexity index is 521. The van der Waals surface area contributed by atoms with Gasteiger partial charge in [-0.2, -0.15) is 0 Å². The molecule has 21 heavy (non-hydrogen) atoms. The van der Waals surface area contributed by atoms with Crippen molar-refractivity contribution in [2.45, 2.75) is 25.3 Å². The number of amides is 2. The molecule has 1 aliphatic rings. The second-order valence-corrected chi connectivity index (χ2v) is 6.13. The van der Waals surface area contributed by atoms with Crippen molar-refractivity contribution in [2.24, 2.45) is 5.73 Å². The number of anilines is 1. The van der Waals surface area contributed by atoms with Gasteiger partial charge in [-0.25, -0.2) is 4.79 Å². The number of likely N-dealkylation sites (tertiary alicyclic amines) is 1. The Kier molecular flexibility index (Phi) is 4.80. The maximum Gasteiger partial charge on any atom is 0.320 e. The third-order valence-electron chi connectivity index (χ3n) is 3.97. The number of urea groups is 1. The molecule has 1 heterocycles. The van der Waals surface area contributed by atoms with Gasteiger partial charge in [0, 0.05) is 18.8 Å². The molecule has 0 aromatic heterocycles. The number of carbonyl (C=O) groups is 1. The molecule has 1 aromatic rings. The van der Waals surface area contributed by atoms with E-state index in [4.69, 9.17) is 18.0 Å². The van der Waals surface area contributed by atoms with Crippen LogP contribution in [0.4, 0.5) is 10.5 Å². The van der Waals surface area contributed by atoms with Crippen molar-refractivity contribution >= 4 is 28.9 Å². The first-order valence-corrected chi connectivity index (χ1v) is 7.46. The second kappa shape index (κ2) is 6.41. The molecule has 1 aromatic carbocycles. The molecule has 5 nitrogen and oxygen atoms in total. The fourth-order valence-electron chi connectivity index (χ4n) is 2.45. The molecule has 6 heteroatoms. The third kappa shape index (κ3) is 3.92. The molecule has 1 fully saturated rings. The van der Waals surface area contributed by atoms with Gasteiger partial charge in [0.2, 0.25) is 0 Å². The number of piperidine rings is 1. The average molecular weight is 306 g/mol. The van der Waals surface area contributed by atoms with Gasteiger partial charge in [0.15, 0.2) is 0 Å². The van der Waals surface area contributed by atoms with Crippen molar-refractivity contribution < 1.29 is 4.79 Å². The number of nitrogens with two attached hydrogens (primary N) is 1. The molecule has 0 bridgehead atoms. The van der Waals surface area contributed by atoms with Crippen LogP contribution in [0.2, 0.25) is 0 Å². The second-order valence-electron chi connectivity index (χ2n) is 5.69. The van der Waals surface area contributed by atoms with Crippen molar-refractivity contribution in [3.8, 4) is 0 Å². The van der Waals surface area contributed by atoms with E-state index in [1.807, 2.05) is 31.2 Å². The number of thiocarbonyl (C=S) groups is 1. The van der Waals surface area contributed by atoms with Crippen molar-refractivity contribution in [1.29, 1.82) is 0 Å². The first-order valence-electron chi connectivity index (χ1n) is 7.06. The predicted octanol–water partition coefficient (Wildman–Crippen LogP) is 1.87. The van der Waals surface area contributed by atoms with E-state index in [9.17, 15) is 4.79 Å². The Labute approximate surface area is 130 Å². The van der Waals surface area contributed by atoms with Crippen LogP contribution in [0.1, 0.15) is 18.4 Å². The highest BCUT2D eigenvalue weighted by molar-refractivity contribution is 7.80. The molecular weight excluding hydrogens is 284 g/mol. The normalized spacial score (nSPS) is 18.0. The van der Waals surface area contributed by atoms with Gasteiger partial charge in [-0.05, 0) is 38.9 Å². The highest BCUT2D eigenvalue weighted by Crippen LogP contribution is 2.22. The monoisotopic (exact) mass is 306 g/mol. The number of hydrogen-bond acceptors (Lipinski definition) is 3. The van der Waals surface area contributed by atoms with Crippen molar-refractivity contribution in [2.75, 3.05) is 25.5 Å². The van der Waals surface area contributed by atoms with Crippen molar-refractivity contribution in [1.82, 2.24) is 10.2 Å². The fourth-order valence-corrected chi connectivity index (χ4v) is 2.70. The molecule has 0 spiro atoms. The molecule has 0 atom stereocenters. The summed E-state index contributed by atoms with van der Waals surface area (Å²) in [4.78, 5) is 14.8. The SMILES string of the molecule is Cc1ccc(NC(=O)NC2(C(N)=S)CCN(C)CC2)cc1. The standard InChI is InChI=1S/C15H22N4OS/c1-11-3-5-12(6-4-11)17-14(20)18-15(13(16)21)7-9-19(2)10-8-15/h3-6H,7-10H2,1-2H3,(H2,16,21)(H2,17,18,20). The molecule has 2 rings (SSSR count). The lowest BCUT2D eigenvalue weighted by atomic mass is 9.87. The van der Waals surface area contributed by atoms with Crippen LogP contribution in [0.15, 0.2) is 24.3 Å². The van der Waals surface area contributed by atoms with Gasteiger partial charge in [0.1, 0.15) is 0 Å². The minimum atomic E-state index is -0.587. The molecule has 0 aliphatic carbocycles. The summed E-state index contributed by atoms with van der Waals surface area (Å²) in [7, 11) is 2.05. The largest absolute Gasteiger partial charge is 0.391 e. The highest BCUT2D eigenvalue weighted by atomic mass is 32.1. The summed E-state index contributed by atoms with van der Waals surface area (Å²) >= 11 is 5.18. The Balaban J connectivity index is 2.02. The lowest BCUT2D eigenvalue weighted by Crippen LogP contribution is -2.62. The first-order chi connectivity index (χ1) is 9.91. The van der Waals surface area contributed by atoms with E-state index < -0.39 is 5.54 Å². The zero-order valence-electron chi connectivity index (χ0n) is 12.5. The van der Waals surface area contributed by atoms with E-state index in [0.717, 1.165) is 37.2 Å². The van der Waals surface area contributed by atoms with Gasteiger partial charge in [-0.15, -0.1) is 0 Å². The van der Waals surface area contributed by atoms with E-state index in [-0.39, 0.29) is 6.03 Å². The topological polar surface area (TPSA) is 70.4 Å². The summed E-state index contributed by atoms with van der Waals surface area (Å²) < 4.78 is 0. The molecule has 114 valence electrons. The van der Waals surface area contributed by atoms with Crippen LogP contribution in [-0.4, -0.2) is 41.6 Å². The van der Waals surface area contributed by atoms with Gasteiger partial charge < -0.3 is 21.3 Å². The number of carbonyl (C=O) groups excluding carboxylic acids is 1. The quantitative estimate of drug-likeness (QED) is 0.746. The Morgan fingerprint density at radius 1 is 1.29 bits per heavy atom. The molecule has 0 saturated carbocycles.